The number of rotatable bonds is 48. The van der Waals surface area contributed by atoms with E-state index >= 15 is 0 Å². The molecule has 1 unspecified atom stereocenters. The van der Waals surface area contributed by atoms with Crippen molar-refractivity contribution in [3.05, 3.63) is 122 Å². The highest BCUT2D eigenvalue weighted by Crippen LogP contribution is 2.13. The zero-order chi connectivity index (χ0) is 49.3. The molecule has 0 aromatic heterocycles. The lowest BCUT2D eigenvalue weighted by atomic mass is 10.1. The molecular weight excluding hydrogens is 841 g/mol. The van der Waals surface area contributed by atoms with Crippen molar-refractivity contribution < 1.29 is 28.6 Å². The Hall–Kier alpha value is -4.19. The van der Waals surface area contributed by atoms with E-state index in [1.807, 2.05) is 0 Å². The number of ether oxygens (including phenoxy) is 3. The number of hydrogen-bond acceptors (Lipinski definition) is 6. The first-order valence-electron chi connectivity index (χ1n) is 27.5. The van der Waals surface area contributed by atoms with E-state index in [0.29, 0.717) is 25.7 Å². The summed E-state index contributed by atoms with van der Waals surface area (Å²) >= 11 is 0. The van der Waals surface area contributed by atoms with Crippen LogP contribution in [-0.4, -0.2) is 37.2 Å². The molecule has 0 aromatic rings. The molecule has 384 valence electrons. The highest BCUT2D eigenvalue weighted by atomic mass is 16.6. The second-order valence-electron chi connectivity index (χ2n) is 17.7. The minimum atomic E-state index is -0.812. The number of hydrogen-bond donors (Lipinski definition) is 0. The smallest absolute Gasteiger partial charge is 0.306 e. The van der Waals surface area contributed by atoms with Crippen molar-refractivity contribution in [2.45, 2.75) is 239 Å². The third kappa shape index (κ3) is 52.8. The van der Waals surface area contributed by atoms with E-state index in [1.165, 1.54) is 44.9 Å². The van der Waals surface area contributed by atoms with E-state index in [9.17, 15) is 14.4 Å². The molecule has 0 radical (unpaired) electrons. The number of unbranched alkanes of at least 4 members (excludes halogenated alkanes) is 17. The van der Waals surface area contributed by atoms with Gasteiger partial charge < -0.3 is 14.2 Å². The molecule has 0 heterocycles. The molecule has 0 spiro atoms. The Labute approximate surface area is 418 Å². The SMILES string of the molecule is CC/C=C\C/C=C\C/C=C\C/C=C\C/C=C\C/C=C\CCCCC(=O)OCC(COC(=O)CCCCCCC/C=C\CCCCCCC)OC(=O)CCCCCCC/C=C\C/C=C\C/C=C\CC. The summed E-state index contributed by atoms with van der Waals surface area (Å²) in [7, 11) is 0. The van der Waals surface area contributed by atoms with Gasteiger partial charge in [0, 0.05) is 19.3 Å². The predicted octanol–water partition coefficient (Wildman–Crippen LogP) is 18.5. The minimum Gasteiger partial charge on any atom is -0.462 e. The normalized spacial score (nSPS) is 13.0. The van der Waals surface area contributed by atoms with Crippen molar-refractivity contribution in [3.63, 3.8) is 0 Å². The lowest BCUT2D eigenvalue weighted by Gasteiger charge is -2.18. The van der Waals surface area contributed by atoms with Gasteiger partial charge in [0.1, 0.15) is 13.2 Å². The fourth-order valence-corrected chi connectivity index (χ4v) is 7.10. The van der Waals surface area contributed by atoms with Gasteiger partial charge in [-0.15, -0.1) is 0 Å². The summed E-state index contributed by atoms with van der Waals surface area (Å²) in [5, 5.41) is 0. The Morgan fingerprint density at radius 1 is 0.309 bits per heavy atom. The molecule has 0 aliphatic rings. The zero-order valence-corrected chi connectivity index (χ0v) is 43.8. The predicted molar refractivity (Wildman–Crippen MR) is 293 cm³/mol. The number of carbonyl (C=O) groups is 3. The largest absolute Gasteiger partial charge is 0.462 e. The second-order valence-corrected chi connectivity index (χ2v) is 17.7. The molecule has 0 N–H and O–H groups in total. The van der Waals surface area contributed by atoms with Gasteiger partial charge in [0.25, 0.3) is 0 Å². The van der Waals surface area contributed by atoms with E-state index in [4.69, 9.17) is 14.2 Å². The molecule has 0 fully saturated rings. The van der Waals surface area contributed by atoms with Gasteiger partial charge in [-0.2, -0.15) is 0 Å². The summed E-state index contributed by atoms with van der Waals surface area (Å²) in [6, 6.07) is 0. The summed E-state index contributed by atoms with van der Waals surface area (Å²) in [6.07, 6.45) is 76.1. The van der Waals surface area contributed by atoms with Crippen LogP contribution in [0.1, 0.15) is 233 Å². The van der Waals surface area contributed by atoms with Crippen LogP contribution in [0.25, 0.3) is 0 Å². The molecule has 0 aliphatic heterocycles. The second kappa shape index (κ2) is 55.4. The first kappa shape index (κ1) is 63.8. The van der Waals surface area contributed by atoms with Crippen molar-refractivity contribution in [1.82, 2.24) is 0 Å². The minimum absolute atomic E-state index is 0.106. The lowest BCUT2D eigenvalue weighted by molar-refractivity contribution is -0.167. The summed E-state index contributed by atoms with van der Waals surface area (Å²) in [4.78, 5) is 38.1. The number of carbonyl (C=O) groups excluding carboxylic acids is 3. The molecule has 0 saturated carbocycles. The maximum absolute atomic E-state index is 12.8. The van der Waals surface area contributed by atoms with Crippen LogP contribution in [0.5, 0.6) is 0 Å². The van der Waals surface area contributed by atoms with Crippen LogP contribution in [-0.2, 0) is 28.6 Å². The van der Waals surface area contributed by atoms with Gasteiger partial charge in [0.05, 0.1) is 0 Å². The molecule has 0 amide bonds. The van der Waals surface area contributed by atoms with Gasteiger partial charge in [-0.25, -0.2) is 0 Å². The van der Waals surface area contributed by atoms with Gasteiger partial charge in [-0.1, -0.05) is 206 Å². The van der Waals surface area contributed by atoms with E-state index < -0.39 is 6.10 Å². The average molecular weight is 941 g/mol. The average Bonchev–Trinajstić information content (AvgIpc) is 3.34. The number of allylic oxidation sites excluding steroid dienone is 20. The van der Waals surface area contributed by atoms with Crippen LogP contribution < -0.4 is 0 Å². The Kier molecular flexibility index (Phi) is 52.0. The third-order valence-corrected chi connectivity index (χ3v) is 11.2. The van der Waals surface area contributed by atoms with E-state index in [0.717, 1.165) is 141 Å². The Balaban J connectivity index is 4.51. The topological polar surface area (TPSA) is 78.9 Å². The van der Waals surface area contributed by atoms with Crippen LogP contribution in [0, 0.1) is 0 Å². The molecule has 1 atom stereocenters. The van der Waals surface area contributed by atoms with Crippen molar-refractivity contribution in [2.75, 3.05) is 13.2 Å². The van der Waals surface area contributed by atoms with E-state index in [2.05, 4.69) is 142 Å². The zero-order valence-electron chi connectivity index (χ0n) is 43.8. The van der Waals surface area contributed by atoms with Gasteiger partial charge in [0.15, 0.2) is 6.10 Å². The standard InChI is InChI=1S/C62H100O6/c1-4-7-10-13-16-19-22-25-28-29-30-31-32-33-35-37-40-43-46-49-52-55-61(64)67-58-59(57-66-60(63)54-51-48-45-42-39-36-27-24-21-18-15-12-9-6-3)68-62(65)56-53-50-47-44-41-38-34-26-23-20-17-14-11-8-5-2/h7-8,10-11,16-17,19-20,24-28,30-31,33-35,40,43,59H,4-6,9,12-15,18,21-23,29,32,36-39,41-42,44-58H2,1-3H3/b10-7-,11-8-,19-16-,20-17-,27-24-,28-25-,31-30-,34-26-,35-33-,43-40-. The first-order chi connectivity index (χ1) is 33.5. The fourth-order valence-electron chi connectivity index (χ4n) is 7.10. The van der Waals surface area contributed by atoms with Crippen LogP contribution in [0.15, 0.2) is 122 Å². The molecule has 68 heavy (non-hydrogen) atoms. The first-order valence-corrected chi connectivity index (χ1v) is 27.5. The Morgan fingerprint density at radius 2 is 0.574 bits per heavy atom. The molecule has 0 rings (SSSR count). The van der Waals surface area contributed by atoms with Crippen molar-refractivity contribution in [1.29, 1.82) is 0 Å². The Morgan fingerprint density at radius 3 is 0.941 bits per heavy atom. The molecule has 0 bridgehead atoms. The monoisotopic (exact) mass is 941 g/mol. The van der Waals surface area contributed by atoms with Crippen LogP contribution in [0.2, 0.25) is 0 Å². The van der Waals surface area contributed by atoms with Gasteiger partial charge >= 0.3 is 17.9 Å². The Bertz CT molecular complexity index is 1450. The summed E-state index contributed by atoms with van der Waals surface area (Å²) < 4.78 is 16.8. The lowest BCUT2D eigenvalue weighted by Crippen LogP contribution is -2.30. The van der Waals surface area contributed by atoms with Gasteiger partial charge in [-0.3, -0.25) is 14.4 Å². The number of esters is 3. The molecule has 6 nitrogen and oxygen atoms in total. The third-order valence-electron chi connectivity index (χ3n) is 11.2. The quantitative estimate of drug-likeness (QED) is 0.0262. The van der Waals surface area contributed by atoms with Gasteiger partial charge in [-0.05, 0) is 128 Å². The van der Waals surface area contributed by atoms with Crippen molar-refractivity contribution >= 4 is 17.9 Å². The van der Waals surface area contributed by atoms with E-state index in [-0.39, 0.29) is 31.1 Å². The summed E-state index contributed by atoms with van der Waals surface area (Å²) in [5.74, 6) is -0.981. The maximum atomic E-state index is 12.8. The fraction of sp³-hybridized carbons (Fsp3) is 0.629. The van der Waals surface area contributed by atoms with E-state index in [1.54, 1.807) is 0 Å². The molecule has 0 saturated heterocycles. The van der Waals surface area contributed by atoms with Crippen LogP contribution >= 0.6 is 0 Å². The highest BCUT2D eigenvalue weighted by Gasteiger charge is 2.19. The van der Waals surface area contributed by atoms with Crippen LogP contribution in [0.4, 0.5) is 0 Å². The van der Waals surface area contributed by atoms with Crippen molar-refractivity contribution in [3.8, 4) is 0 Å². The van der Waals surface area contributed by atoms with Crippen LogP contribution in [0.3, 0.4) is 0 Å². The molecule has 0 aromatic carbocycles. The summed E-state index contributed by atoms with van der Waals surface area (Å²) in [5.41, 5.74) is 0. The van der Waals surface area contributed by atoms with Gasteiger partial charge in [0.2, 0.25) is 0 Å². The van der Waals surface area contributed by atoms with Crippen molar-refractivity contribution in [2.24, 2.45) is 0 Å². The molecular formula is C62H100O6. The maximum Gasteiger partial charge on any atom is 0.306 e. The summed E-state index contributed by atoms with van der Waals surface area (Å²) in [6.45, 7) is 6.33. The molecule has 0 aliphatic carbocycles. The highest BCUT2D eigenvalue weighted by molar-refractivity contribution is 5.71. The molecule has 6 heteroatoms.